The highest BCUT2D eigenvalue weighted by atomic mass is 15.4. The second-order valence-electron chi connectivity index (χ2n) is 3.28. The van der Waals surface area contributed by atoms with E-state index in [1.165, 1.54) is 25.7 Å². The summed E-state index contributed by atoms with van der Waals surface area (Å²) in [5, 5.41) is 6.32. The third-order valence-corrected chi connectivity index (χ3v) is 2.33. The minimum Gasteiger partial charge on any atom is -0.301 e. The van der Waals surface area contributed by atoms with Crippen molar-refractivity contribution >= 4 is 6.21 Å². The van der Waals surface area contributed by atoms with Gasteiger partial charge in [0.15, 0.2) is 0 Å². The molecule has 11 heavy (non-hydrogen) atoms. The van der Waals surface area contributed by atoms with E-state index in [9.17, 15) is 0 Å². The molecule has 0 amide bonds. The predicted octanol–water partition coefficient (Wildman–Crippen LogP) is 2.11. The van der Waals surface area contributed by atoms with Crippen LogP contribution >= 0.6 is 0 Å². The zero-order valence-electron chi connectivity index (χ0n) is 7.58. The molecule has 0 bridgehead atoms. The number of rotatable bonds is 3. The van der Waals surface area contributed by atoms with Gasteiger partial charge >= 0.3 is 0 Å². The second kappa shape index (κ2) is 4.37. The van der Waals surface area contributed by atoms with E-state index in [4.69, 9.17) is 0 Å². The monoisotopic (exact) mass is 154 g/mol. The fourth-order valence-corrected chi connectivity index (χ4v) is 1.40. The quantitative estimate of drug-likeness (QED) is 0.449. The van der Waals surface area contributed by atoms with Crippen molar-refractivity contribution in [3.8, 4) is 0 Å². The molecule has 1 saturated carbocycles. The third-order valence-electron chi connectivity index (χ3n) is 2.33. The van der Waals surface area contributed by atoms with E-state index >= 15 is 0 Å². The van der Waals surface area contributed by atoms with Crippen molar-refractivity contribution in [1.29, 1.82) is 0 Å². The summed E-state index contributed by atoms with van der Waals surface area (Å²) in [5.74, 6) is 0.768. The summed E-state index contributed by atoms with van der Waals surface area (Å²) in [6, 6.07) is 0. The summed E-state index contributed by atoms with van der Waals surface area (Å²) in [5.41, 5.74) is 0. The van der Waals surface area contributed by atoms with Crippen LogP contribution in [0.15, 0.2) is 5.10 Å². The van der Waals surface area contributed by atoms with Crippen molar-refractivity contribution in [2.45, 2.75) is 32.6 Å². The van der Waals surface area contributed by atoms with Crippen molar-refractivity contribution in [1.82, 2.24) is 5.01 Å². The molecule has 1 fully saturated rings. The van der Waals surface area contributed by atoms with Crippen LogP contribution in [0, 0.1) is 5.92 Å². The highest BCUT2D eigenvalue weighted by Crippen LogP contribution is 2.22. The molecule has 0 aromatic heterocycles. The number of hydrogen-bond acceptors (Lipinski definition) is 2. The molecule has 0 heterocycles. The lowest BCUT2D eigenvalue weighted by Gasteiger charge is -2.09. The SMILES string of the molecule is CCN(C)/N=C/C1CCCC1. The van der Waals surface area contributed by atoms with Crippen LogP contribution in [0.4, 0.5) is 0 Å². The first-order valence-corrected chi connectivity index (χ1v) is 4.58. The van der Waals surface area contributed by atoms with Gasteiger partial charge in [0.1, 0.15) is 0 Å². The Labute approximate surface area is 69.3 Å². The van der Waals surface area contributed by atoms with Crippen LogP contribution in [0.2, 0.25) is 0 Å². The van der Waals surface area contributed by atoms with Crippen LogP contribution in [0.3, 0.4) is 0 Å². The predicted molar refractivity (Wildman–Crippen MR) is 48.8 cm³/mol. The molecule has 0 spiro atoms. The third kappa shape index (κ3) is 2.91. The summed E-state index contributed by atoms with van der Waals surface area (Å²) in [6.45, 7) is 3.12. The van der Waals surface area contributed by atoms with Crippen molar-refractivity contribution in [2.24, 2.45) is 11.0 Å². The standard InChI is InChI=1S/C9H18N2/c1-3-11(2)10-8-9-6-4-5-7-9/h8-9H,3-7H2,1-2H3/b10-8+. The first kappa shape index (κ1) is 8.57. The molecule has 0 N–H and O–H groups in total. The van der Waals surface area contributed by atoms with E-state index in [1.54, 1.807) is 0 Å². The summed E-state index contributed by atoms with van der Waals surface area (Å²) in [4.78, 5) is 0. The lowest BCUT2D eigenvalue weighted by molar-refractivity contribution is 0.374. The van der Waals surface area contributed by atoms with E-state index in [-0.39, 0.29) is 0 Å². The largest absolute Gasteiger partial charge is 0.301 e. The molecule has 0 aromatic carbocycles. The van der Waals surface area contributed by atoms with Gasteiger partial charge in [-0.05, 0) is 25.7 Å². The highest BCUT2D eigenvalue weighted by molar-refractivity contribution is 5.60. The smallest absolute Gasteiger partial charge is 0.0328 e. The molecule has 1 aliphatic carbocycles. The van der Waals surface area contributed by atoms with Crippen molar-refractivity contribution in [3.63, 3.8) is 0 Å². The summed E-state index contributed by atoms with van der Waals surface area (Å²) >= 11 is 0. The fourth-order valence-electron chi connectivity index (χ4n) is 1.40. The first-order chi connectivity index (χ1) is 5.33. The van der Waals surface area contributed by atoms with Crippen molar-refractivity contribution < 1.29 is 0 Å². The Morgan fingerprint density at radius 3 is 2.64 bits per heavy atom. The van der Waals surface area contributed by atoms with Gasteiger partial charge in [0.25, 0.3) is 0 Å². The van der Waals surface area contributed by atoms with E-state index < -0.39 is 0 Å². The molecular weight excluding hydrogens is 136 g/mol. The maximum atomic E-state index is 4.33. The topological polar surface area (TPSA) is 15.6 Å². The molecule has 0 saturated heterocycles. The Hall–Kier alpha value is -0.530. The van der Waals surface area contributed by atoms with Gasteiger partial charge in [0.05, 0.1) is 0 Å². The first-order valence-electron chi connectivity index (χ1n) is 4.58. The second-order valence-corrected chi connectivity index (χ2v) is 3.28. The molecule has 0 atom stereocenters. The minimum atomic E-state index is 0.768. The molecule has 2 nitrogen and oxygen atoms in total. The van der Waals surface area contributed by atoms with Crippen LogP contribution in [-0.4, -0.2) is 24.8 Å². The van der Waals surface area contributed by atoms with Crippen LogP contribution in [0.25, 0.3) is 0 Å². The number of hydrazone groups is 1. The minimum absolute atomic E-state index is 0.768. The Morgan fingerprint density at radius 1 is 1.45 bits per heavy atom. The van der Waals surface area contributed by atoms with Crippen LogP contribution < -0.4 is 0 Å². The molecule has 1 rings (SSSR count). The van der Waals surface area contributed by atoms with Crippen molar-refractivity contribution in [3.05, 3.63) is 0 Å². The normalized spacial score (nSPS) is 19.8. The van der Waals surface area contributed by atoms with Gasteiger partial charge in [0.2, 0.25) is 0 Å². The van der Waals surface area contributed by atoms with Crippen LogP contribution in [0.1, 0.15) is 32.6 Å². The van der Waals surface area contributed by atoms with E-state index in [1.807, 2.05) is 12.1 Å². The summed E-state index contributed by atoms with van der Waals surface area (Å²) in [7, 11) is 2.02. The Morgan fingerprint density at radius 2 is 2.09 bits per heavy atom. The zero-order valence-corrected chi connectivity index (χ0v) is 7.58. The van der Waals surface area contributed by atoms with Gasteiger partial charge in [0, 0.05) is 19.8 Å². The molecule has 64 valence electrons. The van der Waals surface area contributed by atoms with Gasteiger partial charge in [-0.25, -0.2) is 0 Å². The highest BCUT2D eigenvalue weighted by Gasteiger charge is 2.11. The lowest BCUT2D eigenvalue weighted by atomic mass is 10.1. The Balaban J connectivity index is 2.22. The average Bonchev–Trinajstić information content (AvgIpc) is 2.52. The maximum Gasteiger partial charge on any atom is 0.0328 e. The molecule has 1 aliphatic rings. The summed E-state index contributed by atoms with van der Waals surface area (Å²) < 4.78 is 0. The average molecular weight is 154 g/mol. The maximum absolute atomic E-state index is 4.33. The molecule has 0 unspecified atom stereocenters. The molecule has 0 radical (unpaired) electrons. The molecule has 0 aromatic rings. The molecular formula is C9H18N2. The Bertz CT molecular complexity index is 126. The number of nitrogens with zero attached hydrogens (tertiary/aromatic N) is 2. The fraction of sp³-hybridized carbons (Fsp3) is 0.889. The van der Waals surface area contributed by atoms with Crippen LogP contribution in [-0.2, 0) is 0 Å². The van der Waals surface area contributed by atoms with Gasteiger partial charge in [-0.3, -0.25) is 0 Å². The van der Waals surface area contributed by atoms with E-state index in [2.05, 4.69) is 18.2 Å². The summed E-state index contributed by atoms with van der Waals surface area (Å²) in [6.07, 6.45) is 7.61. The van der Waals surface area contributed by atoms with E-state index in [0.717, 1.165) is 12.5 Å². The van der Waals surface area contributed by atoms with Gasteiger partial charge in [-0.15, -0.1) is 0 Å². The van der Waals surface area contributed by atoms with Gasteiger partial charge in [-0.1, -0.05) is 12.8 Å². The zero-order chi connectivity index (χ0) is 8.10. The van der Waals surface area contributed by atoms with Gasteiger partial charge in [-0.2, -0.15) is 5.10 Å². The lowest BCUT2D eigenvalue weighted by Crippen LogP contribution is -2.11. The van der Waals surface area contributed by atoms with E-state index in [0.29, 0.717) is 0 Å². The van der Waals surface area contributed by atoms with Crippen LogP contribution in [0.5, 0.6) is 0 Å². The Kier molecular flexibility index (Phi) is 3.40. The molecule has 0 aliphatic heterocycles. The number of hydrogen-bond donors (Lipinski definition) is 0. The van der Waals surface area contributed by atoms with Gasteiger partial charge < -0.3 is 5.01 Å². The van der Waals surface area contributed by atoms with Crippen molar-refractivity contribution in [2.75, 3.05) is 13.6 Å². The molecule has 2 heteroatoms.